The van der Waals surface area contributed by atoms with Crippen LogP contribution in [-0.2, 0) is 0 Å². The molecule has 0 unspecified atom stereocenters. The molecule has 0 saturated carbocycles. The van der Waals surface area contributed by atoms with Gasteiger partial charge in [-0.25, -0.2) is 15.0 Å². The molecule has 0 bridgehead atoms. The van der Waals surface area contributed by atoms with Gasteiger partial charge in [-0.05, 0) is 54.6 Å². The molecule has 11 rings (SSSR count). The van der Waals surface area contributed by atoms with Gasteiger partial charge in [0.15, 0.2) is 5.82 Å². The number of pyridine rings is 1. The molecule has 0 fully saturated rings. The number of hydrogen-bond acceptors (Lipinski definition) is 5. The molecule has 4 heterocycles. The van der Waals surface area contributed by atoms with Crippen LogP contribution in [0.5, 0.6) is 0 Å². The summed E-state index contributed by atoms with van der Waals surface area (Å²) in [5.41, 5.74) is 9.46. The monoisotopic (exact) mass is 681 g/mol. The molecule has 0 saturated heterocycles. The summed E-state index contributed by atoms with van der Waals surface area (Å²) >= 11 is 1.82. The van der Waals surface area contributed by atoms with Gasteiger partial charge < -0.3 is 4.42 Å². The Morgan fingerprint density at radius 1 is 0.385 bits per heavy atom. The van der Waals surface area contributed by atoms with Crippen LogP contribution in [0.3, 0.4) is 0 Å². The molecular formula is C47H27N3OS. The van der Waals surface area contributed by atoms with Crippen molar-refractivity contribution in [3.63, 3.8) is 0 Å². The second kappa shape index (κ2) is 11.4. The second-order valence-electron chi connectivity index (χ2n) is 13.2. The van der Waals surface area contributed by atoms with Gasteiger partial charge >= 0.3 is 0 Å². The van der Waals surface area contributed by atoms with E-state index < -0.39 is 0 Å². The maximum absolute atomic E-state index is 6.55. The number of aromatic nitrogens is 3. The average molecular weight is 682 g/mol. The molecule has 0 N–H and O–H groups in total. The molecule has 0 aliphatic rings. The van der Waals surface area contributed by atoms with Crippen molar-refractivity contribution in [3.05, 3.63) is 164 Å². The van der Waals surface area contributed by atoms with E-state index in [9.17, 15) is 0 Å². The minimum absolute atomic E-state index is 0.691. The maximum atomic E-state index is 6.55. The summed E-state index contributed by atoms with van der Waals surface area (Å²) in [4.78, 5) is 15.5. The summed E-state index contributed by atoms with van der Waals surface area (Å²) in [5.74, 6) is 0.691. The van der Waals surface area contributed by atoms with Crippen LogP contribution in [0.2, 0.25) is 0 Å². The van der Waals surface area contributed by atoms with E-state index in [1.54, 1.807) is 0 Å². The van der Waals surface area contributed by atoms with E-state index in [0.717, 1.165) is 82.9 Å². The number of benzene rings is 7. The normalized spacial score (nSPS) is 11.8. The Hall–Kier alpha value is -6.69. The molecule has 52 heavy (non-hydrogen) atoms. The number of furan rings is 1. The highest BCUT2D eigenvalue weighted by Gasteiger charge is 2.19. The van der Waals surface area contributed by atoms with E-state index in [4.69, 9.17) is 19.4 Å². The van der Waals surface area contributed by atoms with Crippen molar-refractivity contribution in [2.24, 2.45) is 0 Å². The molecule has 0 atom stereocenters. The van der Waals surface area contributed by atoms with Crippen LogP contribution in [0, 0.1) is 0 Å². The lowest BCUT2D eigenvalue weighted by molar-refractivity contribution is 0.669. The van der Waals surface area contributed by atoms with Crippen molar-refractivity contribution in [2.75, 3.05) is 0 Å². The Balaban J connectivity index is 1.15. The lowest BCUT2D eigenvalue weighted by Crippen LogP contribution is -1.95. The number of para-hydroxylation sites is 1. The summed E-state index contributed by atoms with van der Waals surface area (Å²) in [6.07, 6.45) is 0. The van der Waals surface area contributed by atoms with Crippen LogP contribution in [0.1, 0.15) is 0 Å². The van der Waals surface area contributed by atoms with E-state index in [0.29, 0.717) is 5.82 Å². The molecule has 11 aromatic rings. The SMILES string of the molecule is c1ccc(-c2nc(-c3ccc4c(c3)sc3ccccc34)cc(-c3ccc4oc5ccc6c(-c7ccccc7)nc7ccccc7c6c5c4c3)n2)cc1. The van der Waals surface area contributed by atoms with E-state index >= 15 is 0 Å². The third kappa shape index (κ3) is 4.57. The molecule has 5 heteroatoms. The largest absolute Gasteiger partial charge is 0.456 e. The number of hydrogen-bond donors (Lipinski definition) is 0. The Morgan fingerprint density at radius 3 is 1.85 bits per heavy atom. The van der Waals surface area contributed by atoms with Gasteiger partial charge in [0.25, 0.3) is 0 Å². The van der Waals surface area contributed by atoms with Crippen molar-refractivity contribution in [1.29, 1.82) is 0 Å². The molecule has 242 valence electrons. The predicted molar refractivity (Wildman–Crippen MR) is 217 cm³/mol. The quantitative estimate of drug-likeness (QED) is 0.174. The van der Waals surface area contributed by atoms with Gasteiger partial charge in [0.05, 0.1) is 22.6 Å². The van der Waals surface area contributed by atoms with Crippen LogP contribution in [0.25, 0.3) is 109 Å². The molecular weight excluding hydrogens is 655 g/mol. The summed E-state index contributed by atoms with van der Waals surface area (Å²) in [6.45, 7) is 0. The van der Waals surface area contributed by atoms with Gasteiger partial charge in [0, 0.05) is 69.4 Å². The molecule has 0 spiro atoms. The van der Waals surface area contributed by atoms with Crippen LogP contribution in [0.15, 0.2) is 168 Å². The predicted octanol–water partition coefficient (Wildman–Crippen LogP) is 13.1. The zero-order valence-corrected chi connectivity index (χ0v) is 28.6. The van der Waals surface area contributed by atoms with E-state index in [1.165, 1.54) is 20.2 Å². The molecule has 7 aromatic carbocycles. The number of rotatable bonds is 4. The zero-order valence-electron chi connectivity index (χ0n) is 27.7. The molecule has 0 aliphatic heterocycles. The molecule has 0 radical (unpaired) electrons. The fourth-order valence-electron chi connectivity index (χ4n) is 7.63. The summed E-state index contributed by atoms with van der Waals surface area (Å²) in [6, 6.07) is 57.1. The van der Waals surface area contributed by atoms with Gasteiger partial charge in [0.2, 0.25) is 0 Å². The van der Waals surface area contributed by atoms with Gasteiger partial charge in [-0.2, -0.15) is 0 Å². The van der Waals surface area contributed by atoms with Crippen LogP contribution in [-0.4, -0.2) is 15.0 Å². The Bertz CT molecular complexity index is 3180. The first kappa shape index (κ1) is 29.1. The van der Waals surface area contributed by atoms with Crippen molar-refractivity contribution in [1.82, 2.24) is 15.0 Å². The summed E-state index contributed by atoms with van der Waals surface area (Å²) in [5, 5.41) is 8.02. The van der Waals surface area contributed by atoms with Crippen molar-refractivity contribution in [2.45, 2.75) is 0 Å². The lowest BCUT2D eigenvalue weighted by Gasteiger charge is -2.11. The Morgan fingerprint density at radius 2 is 1.02 bits per heavy atom. The fourth-order valence-corrected chi connectivity index (χ4v) is 8.77. The number of fused-ring (bicyclic) bond motifs is 10. The number of thiophene rings is 1. The first-order chi connectivity index (χ1) is 25.7. The standard InChI is InChI=1S/C47H27N3OS/c1-3-11-28(12-4-1)46-35-22-24-41-45(44(35)34-16-7-9-17-37(34)48-46)36-25-30(20-23-40(36)51-41)38-27-39(50-47(49-38)29-13-5-2-6-14-29)31-19-21-33-32-15-8-10-18-42(32)52-43(33)26-31/h1-27H. The van der Waals surface area contributed by atoms with Crippen molar-refractivity contribution in [3.8, 4) is 45.2 Å². The Labute approximate surface area is 302 Å². The zero-order chi connectivity index (χ0) is 34.2. The number of nitrogens with zero attached hydrogens (tertiary/aromatic N) is 3. The smallest absolute Gasteiger partial charge is 0.160 e. The maximum Gasteiger partial charge on any atom is 0.160 e. The average Bonchev–Trinajstić information content (AvgIpc) is 3.78. The fraction of sp³-hybridized carbons (Fsp3) is 0. The minimum atomic E-state index is 0.691. The van der Waals surface area contributed by atoms with Crippen LogP contribution >= 0.6 is 11.3 Å². The second-order valence-corrected chi connectivity index (χ2v) is 14.2. The molecule has 4 nitrogen and oxygen atoms in total. The topological polar surface area (TPSA) is 51.8 Å². The van der Waals surface area contributed by atoms with Crippen molar-refractivity contribution >= 4 is 75.1 Å². The summed E-state index contributed by atoms with van der Waals surface area (Å²) in [7, 11) is 0. The Kier molecular flexibility index (Phi) is 6.39. The van der Waals surface area contributed by atoms with Gasteiger partial charge in [-0.1, -0.05) is 109 Å². The van der Waals surface area contributed by atoms with Crippen LogP contribution in [0.4, 0.5) is 0 Å². The minimum Gasteiger partial charge on any atom is -0.456 e. The molecule has 0 amide bonds. The molecule has 4 aromatic heterocycles. The first-order valence-electron chi connectivity index (χ1n) is 17.3. The van der Waals surface area contributed by atoms with E-state index in [1.807, 2.05) is 35.6 Å². The van der Waals surface area contributed by atoms with E-state index in [-0.39, 0.29) is 0 Å². The van der Waals surface area contributed by atoms with Gasteiger partial charge in [-0.15, -0.1) is 11.3 Å². The van der Waals surface area contributed by atoms with Crippen LogP contribution < -0.4 is 0 Å². The van der Waals surface area contributed by atoms with Gasteiger partial charge in [-0.3, -0.25) is 0 Å². The van der Waals surface area contributed by atoms with Crippen molar-refractivity contribution < 1.29 is 4.42 Å². The van der Waals surface area contributed by atoms with Gasteiger partial charge in [0.1, 0.15) is 11.2 Å². The third-order valence-corrected chi connectivity index (χ3v) is 11.2. The van der Waals surface area contributed by atoms with E-state index in [2.05, 4.69) is 140 Å². The highest BCUT2D eigenvalue weighted by Crippen LogP contribution is 2.43. The summed E-state index contributed by atoms with van der Waals surface area (Å²) < 4.78 is 9.08. The first-order valence-corrected chi connectivity index (χ1v) is 18.2. The molecule has 0 aliphatic carbocycles. The third-order valence-electron chi connectivity index (χ3n) is 10.1. The highest BCUT2D eigenvalue weighted by atomic mass is 32.1. The lowest BCUT2D eigenvalue weighted by atomic mass is 9.95. The highest BCUT2D eigenvalue weighted by molar-refractivity contribution is 7.25.